The number of carbonyl (C=O) groups excluding carboxylic acids is 1. The fourth-order valence-electron chi connectivity index (χ4n) is 2.29. The van der Waals surface area contributed by atoms with Crippen molar-refractivity contribution in [2.24, 2.45) is 0 Å². The van der Waals surface area contributed by atoms with Gasteiger partial charge < -0.3 is 4.74 Å². The van der Waals surface area contributed by atoms with Gasteiger partial charge in [-0.15, -0.1) is 0 Å². The SMILES string of the molecule is CC/C(=C(\C(=O)OC)c1ccccc1)c1ccccc1. The van der Waals surface area contributed by atoms with Gasteiger partial charge in [0.1, 0.15) is 0 Å². The average Bonchev–Trinajstić information content (AvgIpc) is 2.53. The summed E-state index contributed by atoms with van der Waals surface area (Å²) in [7, 11) is 1.42. The summed E-state index contributed by atoms with van der Waals surface area (Å²) in [5.41, 5.74) is 3.59. The van der Waals surface area contributed by atoms with Crippen molar-refractivity contribution in [3.8, 4) is 0 Å². The number of hydrogen-bond donors (Lipinski definition) is 0. The molecule has 0 aliphatic rings. The monoisotopic (exact) mass is 266 g/mol. The number of allylic oxidation sites excluding steroid dienone is 1. The van der Waals surface area contributed by atoms with Gasteiger partial charge in [0.2, 0.25) is 0 Å². The Balaban J connectivity index is 2.64. The quantitative estimate of drug-likeness (QED) is 0.471. The van der Waals surface area contributed by atoms with Gasteiger partial charge >= 0.3 is 5.97 Å². The van der Waals surface area contributed by atoms with E-state index in [2.05, 4.69) is 0 Å². The summed E-state index contributed by atoms with van der Waals surface area (Å²) in [4.78, 5) is 12.2. The van der Waals surface area contributed by atoms with Crippen LogP contribution in [0.25, 0.3) is 11.1 Å². The van der Waals surface area contributed by atoms with Gasteiger partial charge in [-0.05, 0) is 23.1 Å². The van der Waals surface area contributed by atoms with E-state index in [-0.39, 0.29) is 5.97 Å². The summed E-state index contributed by atoms with van der Waals surface area (Å²) in [5, 5.41) is 0. The molecule has 0 fully saturated rings. The van der Waals surface area contributed by atoms with Crippen LogP contribution in [0.1, 0.15) is 24.5 Å². The normalized spacial score (nSPS) is 11.7. The molecule has 2 aromatic rings. The maximum Gasteiger partial charge on any atom is 0.338 e. The molecule has 0 amide bonds. The molecule has 0 spiro atoms. The van der Waals surface area contributed by atoms with Gasteiger partial charge in [0, 0.05) is 0 Å². The Kier molecular flexibility index (Phi) is 4.72. The van der Waals surface area contributed by atoms with Crippen LogP contribution in [0.2, 0.25) is 0 Å². The predicted molar refractivity (Wildman–Crippen MR) is 82.0 cm³/mol. The molecule has 20 heavy (non-hydrogen) atoms. The van der Waals surface area contributed by atoms with Crippen LogP contribution in [0.3, 0.4) is 0 Å². The number of esters is 1. The molecule has 2 nitrogen and oxygen atoms in total. The van der Waals surface area contributed by atoms with E-state index in [0.717, 1.165) is 23.1 Å². The van der Waals surface area contributed by atoms with Crippen molar-refractivity contribution >= 4 is 17.1 Å². The number of methoxy groups -OCH3 is 1. The second kappa shape index (κ2) is 6.71. The smallest absolute Gasteiger partial charge is 0.338 e. The molecular weight excluding hydrogens is 248 g/mol. The molecule has 0 unspecified atom stereocenters. The van der Waals surface area contributed by atoms with Crippen LogP contribution in [0, 0.1) is 0 Å². The summed E-state index contributed by atoms with van der Waals surface area (Å²) in [6.07, 6.45) is 0.767. The first-order valence-corrected chi connectivity index (χ1v) is 6.70. The van der Waals surface area contributed by atoms with Gasteiger partial charge in [-0.1, -0.05) is 67.6 Å². The summed E-state index contributed by atoms with van der Waals surface area (Å²) >= 11 is 0. The standard InChI is InChI=1S/C18H18O2/c1-3-16(14-10-6-4-7-11-14)17(18(19)20-2)15-12-8-5-9-13-15/h4-13H,3H2,1-2H3/b17-16+. The fourth-order valence-corrected chi connectivity index (χ4v) is 2.29. The van der Waals surface area contributed by atoms with Crippen molar-refractivity contribution in [1.82, 2.24) is 0 Å². The van der Waals surface area contributed by atoms with Crippen LogP contribution >= 0.6 is 0 Å². The Morgan fingerprint density at radius 3 is 1.85 bits per heavy atom. The molecule has 2 heteroatoms. The molecule has 0 atom stereocenters. The van der Waals surface area contributed by atoms with Crippen LogP contribution in [-0.2, 0) is 9.53 Å². The highest BCUT2D eigenvalue weighted by Gasteiger charge is 2.18. The zero-order valence-corrected chi connectivity index (χ0v) is 11.8. The minimum Gasteiger partial charge on any atom is -0.465 e. The van der Waals surface area contributed by atoms with Crippen LogP contribution < -0.4 is 0 Å². The van der Waals surface area contributed by atoms with Crippen molar-refractivity contribution in [2.45, 2.75) is 13.3 Å². The third kappa shape index (κ3) is 2.97. The predicted octanol–water partition coefficient (Wildman–Crippen LogP) is 4.18. The van der Waals surface area contributed by atoms with E-state index in [1.54, 1.807) is 0 Å². The molecule has 0 saturated carbocycles. The number of rotatable bonds is 4. The molecule has 0 aliphatic carbocycles. The molecule has 102 valence electrons. The Labute approximate surface area is 119 Å². The van der Waals surface area contributed by atoms with Gasteiger partial charge in [-0.3, -0.25) is 0 Å². The largest absolute Gasteiger partial charge is 0.465 e. The van der Waals surface area contributed by atoms with Gasteiger partial charge in [-0.25, -0.2) is 4.79 Å². The minimum absolute atomic E-state index is 0.295. The molecule has 2 rings (SSSR count). The van der Waals surface area contributed by atoms with Crippen LogP contribution in [0.4, 0.5) is 0 Å². The van der Waals surface area contributed by atoms with Crippen molar-refractivity contribution in [1.29, 1.82) is 0 Å². The molecule has 0 aliphatic heterocycles. The highest BCUT2D eigenvalue weighted by Crippen LogP contribution is 2.29. The zero-order valence-electron chi connectivity index (χ0n) is 11.8. The molecular formula is C18H18O2. The summed E-state index contributed by atoms with van der Waals surface area (Å²) in [6.45, 7) is 2.05. The maximum atomic E-state index is 12.2. The highest BCUT2D eigenvalue weighted by atomic mass is 16.5. The third-order valence-corrected chi connectivity index (χ3v) is 3.23. The highest BCUT2D eigenvalue weighted by molar-refractivity contribution is 6.24. The third-order valence-electron chi connectivity index (χ3n) is 3.23. The lowest BCUT2D eigenvalue weighted by Crippen LogP contribution is -2.07. The molecule has 0 N–H and O–H groups in total. The first-order chi connectivity index (χ1) is 9.77. The number of carbonyl (C=O) groups is 1. The zero-order chi connectivity index (χ0) is 14.4. The fraction of sp³-hybridized carbons (Fsp3) is 0.167. The van der Waals surface area contributed by atoms with Crippen molar-refractivity contribution in [3.05, 3.63) is 71.8 Å². The lowest BCUT2D eigenvalue weighted by Gasteiger charge is -2.13. The maximum absolute atomic E-state index is 12.2. The molecule has 0 aromatic heterocycles. The van der Waals surface area contributed by atoms with Crippen molar-refractivity contribution in [3.63, 3.8) is 0 Å². The van der Waals surface area contributed by atoms with Gasteiger partial charge in [0.05, 0.1) is 12.7 Å². The van der Waals surface area contributed by atoms with E-state index >= 15 is 0 Å². The summed E-state index contributed by atoms with van der Waals surface area (Å²) < 4.78 is 4.97. The summed E-state index contributed by atoms with van der Waals surface area (Å²) in [6, 6.07) is 19.6. The number of hydrogen-bond acceptors (Lipinski definition) is 2. The Morgan fingerprint density at radius 2 is 1.40 bits per heavy atom. The Morgan fingerprint density at radius 1 is 0.900 bits per heavy atom. The molecule has 0 radical (unpaired) electrons. The van der Waals surface area contributed by atoms with E-state index in [4.69, 9.17) is 4.74 Å². The van der Waals surface area contributed by atoms with Crippen LogP contribution in [0.15, 0.2) is 60.7 Å². The molecule has 0 saturated heterocycles. The van der Waals surface area contributed by atoms with Gasteiger partial charge in [0.15, 0.2) is 0 Å². The van der Waals surface area contributed by atoms with E-state index in [9.17, 15) is 4.79 Å². The van der Waals surface area contributed by atoms with Gasteiger partial charge in [0.25, 0.3) is 0 Å². The van der Waals surface area contributed by atoms with E-state index < -0.39 is 0 Å². The van der Waals surface area contributed by atoms with Crippen LogP contribution in [0.5, 0.6) is 0 Å². The lowest BCUT2D eigenvalue weighted by molar-refractivity contribution is -0.133. The van der Waals surface area contributed by atoms with E-state index in [0.29, 0.717) is 5.57 Å². The molecule has 0 heterocycles. The van der Waals surface area contributed by atoms with E-state index in [1.165, 1.54) is 7.11 Å². The Hall–Kier alpha value is -2.35. The van der Waals surface area contributed by atoms with Crippen molar-refractivity contribution < 1.29 is 9.53 Å². The van der Waals surface area contributed by atoms with Gasteiger partial charge in [-0.2, -0.15) is 0 Å². The van der Waals surface area contributed by atoms with Crippen molar-refractivity contribution in [2.75, 3.05) is 7.11 Å². The van der Waals surface area contributed by atoms with E-state index in [1.807, 2.05) is 67.6 Å². The first kappa shape index (κ1) is 14.1. The minimum atomic E-state index is -0.295. The topological polar surface area (TPSA) is 26.3 Å². The molecule has 2 aromatic carbocycles. The number of benzene rings is 2. The average molecular weight is 266 g/mol. The number of ether oxygens (including phenoxy) is 1. The molecule has 0 bridgehead atoms. The van der Waals surface area contributed by atoms with Crippen LogP contribution in [-0.4, -0.2) is 13.1 Å². The lowest BCUT2D eigenvalue weighted by atomic mass is 9.93. The Bertz CT molecular complexity index is 598. The summed E-state index contributed by atoms with van der Waals surface area (Å²) in [5.74, 6) is -0.295. The second-order valence-corrected chi connectivity index (χ2v) is 4.43. The first-order valence-electron chi connectivity index (χ1n) is 6.70. The second-order valence-electron chi connectivity index (χ2n) is 4.43.